The van der Waals surface area contributed by atoms with Crippen LogP contribution in [0.5, 0.6) is 0 Å². The molecular formula is C13H24N2O2. The van der Waals surface area contributed by atoms with E-state index in [0.29, 0.717) is 5.92 Å². The Balaban J connectivity index is 1.93. The van der Waals surface area contributed by atoms with Crippen LogP contribution in [-0.2, 0) is 9.53 Å². The van der Waals surface area contributed by atoms with Gasteiger partial charge in [0.05, 0.1) is 18.6 Å². The largest absolute Gasteiger partial charge is 0.380 e. The highest BCUT2D eigenvalue weighted by Crippen LogP contribution is 2.35. The number of amides is 1. The highest BCUT2D eigenvalue weighted by Gasteiger charge is 2.44. The Hall–Kier alpha value is -0.610. The Bertz CT molecular complexity index is 292. The van der Waals surface area contributed by atoms with Crippen molar-refractivity contribution in [3.8, 4) is 0 Å². The molecule has 98 valence electrons. The summed E-state index contributed by atoms with van der Waals surface area (Å²) in [5.74, 6) is 0.591. The molecule has 0 bridgehead atoms. The molecule has 0 saturated carbocycles. The summed E-state index contributed by atoms with van der Waals surface area (Å²) < 4.78 is 5.20. The maximum absolute atomic E-state index is 12.4. The molecule has 1 amide bonds. The summed E-state index contributed by atoms with van der Waals surface area (Å²) in [5.41, 5.74) is -0.0547. The summed E-state index contributed by atoms with van der Waals surface area (Å²) in [6.07, 6.45) is 0.948. The molecule has 1 unspecified atom stereocenters. The molecule has 0 aromatic rings. The van der Waals surface area contributed by atoms with Gasteiger partial charge in [0, 0.05) is 18.5 Å². The van der Waals surface area contributed by atoms with Gasteiger partial charge in [0.15, 0.2) is 0 Å². The van der Waals surface area contributed by atoms with Crippen molar-refractivity contribution in [2.24, 2.45) is 16.7 Å². The fraction of sp³-hybridized carbons (Fsp3) is 0.923. The van der Waals surface area contributed by atoms with Crippen molar-refractivity contribution >= 4 is 5.91 Å². The number of rotatable bonds is 4. The van der Waals surface area contributed by atoms with E-state index in [0.717, 1.165) is 39.3 Å². The molecule has 2 heterocycles. The topological polar surface area (TPSA) is 50.4 Å². The maximum Gasteiger partial charge on any atom is 0.227 e. The second-order valence-corrected chi connectivity index (χ2v) is 6.22. The molecule has 1 atom stereocenters. The Morgan fingerprint density at radius 3 is 2.59 bits per heavy atom. The minimum Gasteiger partial charge on any atom is -0.380 e. The molecule has 0 aromatic heterocycles. The van der Waals surface area contributed by atoms with Crippen LogP contribution in [-0.4, -0.2) is 38.8 Å². The number of hydrogen-bond acceptors (Lipinski definition) is 3. The molecule has 2 saturated heterocycles. The summed E-state index contributed by atoms with van der Waals surface area (Å²) in [7, 11) is 0. The predicted molar refractivity (Wildman–Crippen MR) is 66.7 cm³/mol. The zero-order valence-corrected chi connectivity index (χ0v) is 11.1. The standard InChI is InChI=1S/C13H24N2O2/c1-10(2)13(4-5-14-7-13)11(16)15-6-12(3)8-17-9-12/h10,14H,4-9H2,1-3H3,(H,15,16). The molecule has 2 aliphatic heterocycles. The highest BCUT2D eigenvalue weighted by atomic mass is 16.5. The summed E-state index contributed by atoms with van der Waals surface area (Å²) >= 11 is 0. The van der Waals surface area contributed by atoms with Gasteiger partial charge in [-0.2, -0.15) is 0 Å². The van der Waals surface area contributed by atoms with Crippen molar-refractivity contribution in [1.82, 2.24) is 10.6 Å². The zero-order chi connectivity index (χ0) is 12.5. The third-order valence-corrected chi connectivity index (χ3v) is 4.32. The highest BCUT2D eigenvalue weighted by molar-refractivity contribution is 5.83. The first-order valence-corrected chi connectivity index (χ1v) is 6.55. The molecule has 4 heteroatoms. The Kier molecular flexibility index (Phi) is 3.46. The first-order valence-electron chi connectivity index (χ1n) is 6.55. The Morgan fingerprint density at radius 2 is 2.18 bits per heavy atom. The molecule has 2 rings (SSSR count). The number of ether oxygens (including phenoxy) is 1. The maximum atomic E-state index is 12.4. The normalized spacial score (nSPS) is 31.3. The van der Waals surface area contributed by atoms with Gasteiger partial charge in [0.2, 0.25) is 5.91 Å². The zero-order valence-electron chi connectivity index (χ0n) is 11.1. The van der Waals surface area contributed by atoms with Crippen LogP contribution in [0, 0.1) is 16.7 Å². The van der Waals surface area contributed by atoms with E-state index in [2.05, 4.69) is 31.4 Å². The van der Waals surface area contributed by atoms with Gasteiger partial charge in [0.1, 0.15) is 0 Å². The van der Waals surface area contributed by atoms with Crippen LogP contribution >= 0.6 is 0 Å². The van der Waals surface area contributed by atoms with E-state index in [-0.39, 0.29) is 16.7 Å². The summed E-state index contributed by atoms with van der Waals surface area (Å²) in [4.78, 5) is 12.4. The third-order valence-electron chi connectivity index (χ3n) is 4.32. The number of carbonyl (C=O) groups excluding carboxylic acids is 1. The van der Waals surface area contributed by atoms with Crippen LogP contribution in [0.4, 0.5) is 0 Å². The number of nitrogens with one attached hydrogen (secondary N) is 2. The summed E-state index contributed by atoms with van der Waals surface area (Å²) in [6.45, 7) is 10.5. The lowest BCUT2D eigenvalue weighted by Gasteiger charge is -2.39. The number of hydrogen-bond donors (Lipinski definition) is 2. The monoisotopic (exact) mass is 240 g/mol. The second-order valence-electron chi connectivity index (χ2n) is 6.22. The molecule has 2 aliphatic rings. The molecule has 4 nitrogen and oxygen atoms in total. The van der Waals surface area contributed by atoms with Crippen molar-refractivity contribution in [3.63, 3.8) is 0 Å². The van der Waals surface area contributed by atoms with E-state index in [4.69, 9.17) is 4.74 Å². The lowest BCUT2D eigenvalue weighted by Crippen LogP contribution is -2.53. The van der Waals surface area contributed by atoms with Crippen LogP contribution in [0.25, 0.3) is 0 Å². The smallest absolute Gasteiger partial charge is 0.227 e. The fourth-order valence-electron chi connectivity index (χ4n) is 2.68. The first kappa shape index (κ1) is 12.8. The lowest BCUT2D eigenvalue weighted by molar-refractivity contribution is -0.137. The van der Waals surface area contributed by atoms with Crippen molar-refractivity contribution in [2.75, 3.05) is 32.8 Å². The van der Waals surface area contributed by atoms with Gasteiger partial charge in [-0.15, -0.1) is 0 Å². The molecule has 2 fully saturated rings. The Morgan fingerprint density at radius 1 is 1.47 bits per heavy atom. The molecule has 0 spiro atoms. The van der Waals surface area contributed by atoms with E-state index >= 15 is 0 Å². The molecule has 2 N–H and O–H groups in total. The predicted octanol–water partition coefficient (Wildman–Crippen LogP) is 0.775. The third kappa shape index (κ3) is 2.33. The van der Waals surface area contributed by atoms with Gasteiger partial charge in [0.25, 0.3) is 0 Å². The van der Waals surface area contributed by atoms with Crippen LogP contribution in [0.2, 0.25) is 0 Å². The van der Waals surface area contributed by atoms with Crippen molar-refractivity contribution in [1.29, 1.82) is 0 Å². The van der Waals surface area contributed by atoms with Gasteiger partial charge in [-0.1, -0.05) is 20.8 Å². The van der Waals surface area contributed by atoms with Gasteiger partial charge in [-0.05, 0) is 18.9 Å². The quantitative estimate of drug-likeness (QED) is 0.763. The van der Waals surface area contributed by atoms with Crippen molar-refractivity contribution < 1.29 is 9.53 Å². The average molecular weight is 240 g/mol. The lowest BCUT2D eigenvalue weighted by atomic mass is 9.75. The minimum atomic E-state index is -0.207. The molecule has 0 radical (unpaired) electrons. The van der Waals surface area contributed by atoms with Crippen LogP contribution in [0.3, 0.4) is 0 Å². The summed E-state index contributed by atoms with van der Waals surface area (Å²) in [5, 5.41) is 6.45. The van der Waals surface area contributed by atoms with E-state index in [1.54, 1.807) is 0 Å². The first-order chi connectivity index (χ1) is 7.99. The fourth-order valence-corrected chi connectivity index (χ4v) is 2.68. The van der Waals surface area contributed by atoms with Crippen molar-refractivity contribution in [3.05, 3.63) is 0 Å². The van der Waals surface area contributed by atoms with Crippen LogP contribution < -0.4 is 10.6 Å². The van der Waals surface area contributed by atoms with Crippen LogP contribution in [0.15, 0.2) is 0 Å². The molecule has 17 heavy (non-hydrogen) atoms. The average Bonchev–Trinajstić information content (AvgIpc) is 2.73. The van der Waals surface area contributed by atoms with Crippen LogP contribution in [0.1, 0.15) is 27.2 Å². The van der Waals surface area contributed by atoms with Gasteiger partial charge >= 0.3 is 0 Å². The van der Waals surface area contributed by atoms with E-state index in [1.807, 2.05) is 0 Å². The Labute approximate surface area is 103 Å². The van der Waals surface area contributed by atoms with Crippen molar-refractivity contribution in [2.45, 2.75) is 27.2 Å². The second kappa shape index (κ2) is 4.58. The van der Waals surface area contributed by atoms with E-state index in [9.17, 15) is 4.79 Å². The number of carbonyl (C=O) groups is 1. The molecule has 0 aliphatic carbocycles. The van der Waals surface area contributed by atoms with Gasteiger partial charge < -0.3 is 15.4 Å². The van der Waals surface area contributed by atoms with Gasteiger partial charge in [-0.25, -0.2) is 0 Å². The molecule has 0 aromatic carbocycles. The SMILES string of the molecule is CC(C)C1(C(=O)NCC2(C)COC2)CCNC1. The van der Waals surface area contributed by atoms with E-state index in [1.165, 1.54) is 0 Å². The minimum absolute atomic E-state index is 0.153. The van der Waals surface area contributed by atoms with E-state index < -0.39 is 0 Å². The summed E-state index contributed by atoms with van der Waals surface area (Å²) in [6, 6.07) is 0. The van der Waals surface area contributed by atoms with Gasteiger partial charge in [-0.3, -0.25) is 4.79 Å². The molecular weight excluding hydrogens is 216 g/mol.